The Bertz CT molecular complexity index is 1470. The van der Waals surface area contributed by atoms with Gasteiger partial charge in [-0.25, -0.2) is 14.1 Å². The van der Waals surface area contributed by atoms with Crippen molar-refractivity contribution in [2.75, 3.05) is 32.2 Å². The Kier molecular flexibility index (Phi) is 11.1. The summed E-state index contributed by atoms with van der Waals surface area (Å²) in [6.45, 7) is 8.40. The third-order valence-corrected chi connectivity index (χ3v) is 9.68. The molecule has 0 radical (unpaired) electrons. The molecule has 0 spiro atoms. The molecule has 1 aromatic carbocycles. The molecule has 248 valence electrons. The standard InChI is InChI=1S/C31H44ClN4O8P/c1-5-6-7-8-9-12-17-38-18-19-39-45(37,44-24-14-11-10-13-22(24)32)40-20-25-27-28(43-30(2,3)42-27)31(4,41-25)26-16-15-23-29(33)34-21-35-36(23)26/h10-11,13-16,21,25,27-28H,5-9,12,17-20H2,1-4H3,(H2,33,34,35)/t25-,27-,28-,31+,45?/m1/s1. The van der Waals surface area contributed by atoms with Crippen molar-refractivity contribution < 1.29 is 37.1 Å². The highest BCUT2D eigenvalue weighted by Gasteiger charge is 2.62. The predicted molar refractivity (Wildman–Crippen MR) is 169 cm³/mol. The monoisotopic (exact) mass is 666 g/mol. The van der Waals surface area contributed by atoms with Crippen LogP contribution in [0, 0.1) is 0 Å². The number of benzene rings is 1. The van der Waals surface area contributed by atoms with Gasteiger partial charge in [0.2, 0.25) is 0 Å². The number of ether oxygens (including phenoxy) is 4. The van der Waals surface area contributed by atoms with E-state index in [9.17, 15) is 4.57 Å². The van der Waals surface area contributed by atoms with E-state index in [1.54, 1.807) is 28.8 Å². The lowest BCUT2D eigenvalue weighted by Crippen LogP contribution is -2.39. The number of anilines is 1. The van der Waals surface area contributed by atoms with E-state index in [1.807, 2.05) is 32.9 Å². The molecule has 0 aliphatic carbocycles. The van der Waals surface area contributed by atoms with Crippen LogP contribution in [0.5, 0.6) is 5.75 Å². The highest BCUT2D eigenvalue weighted by molar-refractivity contribution is 7.48. The van der Waals surface area contributed by atoms with Gasteiger partial charge in [0, 0.05) is 6.61 Å². The molecule has 0 amide bonds. The summed E-state index contributed by atoms with van der Waals surface area (Å²) in [4.78, 5) is 4.08. The number of phosphoric acid groups is 1. The smallest absolute Gasteiger partial charge is 0.402 e. The molecule has 3 aromatic rings. The van der Waals surface area contributed by atoms with E-state index in [0.29, 0.717) is 23.6 Å². The molecule has 2 fully saturated rings. The van der Waals surface area contributed by atoms with Crippen molar-refractivity contribution in [2.45, 2.75) is 95.9 Å². The summed E-state index contributed by atoms with van der Waals surface area (Å²) in [5.74, 6) is -0.394. The molecule has 2 aliphatic rings. The van der Waals surface area contributed by atoms with Gasteiger partial charge in [0.25, 0.3) is 0 Å². The highest BCUT2D eigenvalue weighted by atomic mass is 35.5. The summed E-state index contributed by atoms with van der Waals surface area (Å²) in [5.41, 5.74) is 6.39. The maximum absolute atomic E-state index is 14.0. The minimum absolute atomic E-state index is 0.00320. The van der Waals surface area contributed by atoms with Crippen LogP contribution in [0.25, 0.3) is 5.52 Å². The molecule has 4 heterocycles. The Balaban J connectivity index is 1.27. The van der Waals surface area contributed by atoms with Gasteiger partial charge in [-0.05, 0) is 51.5 Å². The number of nitrogens with zero attached hydrogens (tertiary/aromatic N) is 3. The van der Waals surface area contributed by atoms with Crippen LogP contribution in [0.15, 0.2) is 42.7 Å². The van der Waals surface area contributed by atoms with Crippen LogP contribution in [0.2, 0.25) is 5.02 Å². The number of hydrogen-bond donors (Lipinski definition) is 1. The first-order chi connectivity index (χ1) is 21.6. The Morgan fingerprint density at radius 2 is 1.76 bits per heavy atom. The quantitative estimate of drug-likeness (QED) is 0.122. The molecule has 0 saturated carbocycles. The molecule has 12 nitrogen and oxygen atoms in total. The SMILES string of the molecule is CCCCCCCCOCCOP(=O)(OC[C@H]1O[C@@](C)(c2ccc3c(N)ncnn23)[C@@H]2OC(C)(C)O[C@@H]21)Oc1ccccc1Cl. The molecule has 1 unspecified atom stereocenters. The van der Waals surface area contributed by atoms with Crippen molar-refractivity contribution in [2.24, 2.45) is 0 Å². The third-order valence-electron chi connectivity index (χ3n) is 7.99. The Hall–Kier alpha value is -2.28. The van der Waals surface area contributed by atoms with Crippen molar-refractivity contribution in [1.82, 2.24) is 14.6 Å². The molecule has 5 rings (SSSR count). The maximum Gasteiger partial charge on any atom is 0.530 e. The van der Waals surface area contributed by atoms with Crippen LogP contribution in [0.4, 0.5) is 5.82 Å². The number of fused-ring (bicyclic) bond motifs is 2. The molecule has 45 heavy (non-hydrogen) atoms. The lowest BCUT2D eigenvalue weighted by Gasteiger charge is -2.31. The van der Waals surface area contributed by atoms with Gasteiger partial charge in [0.1, 0.15) is 41.5 Å². The van der Waals surface area contributed by atoms with Gasteiger partial charge in [0.15, 0.2) is 11.6 Å². The lowest BCUT2D eigenvalue weighted by atomic mass is 9.93. The lowest BCUT2D eigenvalue weighted by molar-refractivity contribution is -0.212. The highest BCUT2D eigenvalue weighted by Crippen LogP contribution is 2.54. The van der Waals surface area contributed by atoms with E-state index in [2.05, 4.69) is 17.0 Å². The predicted octanol–water partition coefficient (Wildman–Crippen LogP) is 6.70. The minimum Gasteiger partial charge on any atom is -0.402 e. The van der Waals surface area contributed by atoms with Gasteiger partial charge >= 0.3 is 7.82 Å². The van der Waals surface area contributed by atoms with E-state index in [4.69, 9.17) is 49.9 Å². The second kappa shape index (κ2) is 14.6. The average Bonchev–Trinajstić information content (AvgIpc) is 3.66. The van der Waals surface area contributed by atoms with E-state index >= 15 is 0 Å². The van der Waals surface area contributed by atoms with E-state index in [0.717, 1.165) is 12.8 Å². The maximum atomic E-state index is 14.0. The normalized spacial score (nSPS) is 25.4. The molecule has 2 N–H and O–H groups in total. The fourth-order valence-corrected chi connectivity index (χ4v) is 7.22. The van der Waals surface area contributed by atoms with Gasteiger partial charge in [-0.15, -0.1) is 0 Å². The summed E-state index contributed by atoms with van der Waals surface area (Å²) in [6.07, 6.45) is 6.55. The summed E-state index contributed by atoms with van der Waals surface area (Å²) in [5, 5.41) is 4.66. The summed E-state index contributed by atoms with van der Waals surface area (Å²) in [6, 6.07) is 10.4. The number of halogens is 1. The first kappa shape index (κ1) is 34.1. The second-order valence-corrected chi connectivity index (χ2v) is 13.9. The fraction of sp³-hybridized carbons (Fsp3) is 0.613. The Morgan fingerprint density at radius 3 is 2.56 bits per heavy atom. The first-order valence-corrected chi connectivity index (χ1v) is 17.4. The number of nitrogens with two attached hydrogens (primary N) is 1. The fourth-order valence-electron chi connectivity index (χ4n) is 5.79. The van der Waals surface area contributed by atoms with E-state index in [1.165, 1.54) is 32.0 Å². The zero-order chi connectivity index (χ0) is 32.1. The summed E-state index contributed by atoms with van der Waals surface area (Å²) in [7, 11) is -4.19. The molecular weight excluding hydrogens is 623 g/mol. The molecular formula is C31H44ClN4O8P. The molecule has 0 bridgehead atoms. The van der Waals surface area contributed by atoms with Gasteiger partial charge in [-0.2, -0.15) is 5.10 Å². The van der Waals surface area contributed by atoms with Crippen molar-refractivity contribution >= 4 is 30.8 Å². The number of para-hydroxylation sites is 1. The molecule has 2 aliphatic heterocycles. The number of rotatable bonds is 17. The summed E-state index contributed by atoms with van der Waals surface area (Å²) < 4.78 is 58.1. The second-order valence-electron chi connectivity index (χ2n) is 11.9. The number of nitrogen functional groups attached to an aromatic ring is 1. The van der Waals surface area contributed by atoms with Crippen LogP contribution >= 0.6 is 19.4 Å². The number of phosphoric ester groups is 1. The largest absolute Gasteiger partial charge is 0.530 e. The van der Waals surface area contributed by atoms with Crippen molar-refractivity contribution in [3.63, 3.8) is 0 Å². The van der Waals surface area contributed by atoms with Crippen LogP contribution in [-0.4, -0.2) is 65.1 Å². The van der Waals surface area contributed by atoms with Crippen LogP contribution < -0.4 is 10.3 Å². The van der Waals surface area contributed by atoms with Crippen LogP contribution in [0.1, 0.15) is 71.9 Å². The van der Waals surface area contributed by atoms with Crippen molar-refractivity contribution in [3.05, 3.63) is 53.4 Å². The average molecular weight is 667 g/mol. The molecule has 5 atom stereocenters. The molecule has 2 saturated heterocycles. The first-order valence-electron chi connectivity index (χ1n) is 15.6. The van der Waals surface area contributed by atoms with Gasteiger partial charge in [-0.1, -0.05) is 62.8 Å². The van der Waals surface area contributed by atoms with Gasteiger partial charge < -0.3 is 29.2 Å². The topological polar surface area (TPSA) is 138 Å². The Morgan fingerprint density at radius 1 is 0.978 bits per heavy atom. The number of unbranched alkanes of at least 4 members (excludes halogenated alkanes) is 5. The molecule has 2 aromatic heterocycles. The van der Waals surface area contributed by atoms with Gasteiger partial charge in [0.05, 0.1) is 30.5 Å². The van der Waals surface area contributed by atoms with Crippen LogP contribution in [0.3, 0.4) is 0 Å². The van der Waals surface area contributed by atoms with E-state index in [-0.39, 0.29) is 30.6 Å². The summed E-state index contributed by atoms with van der Waals surface area (Å²) >= 11 is 6.31. The number of hydrogen-bond acceptors (Lipinski definition) is 11. The Labute approximate surface area is 269 Å². The molecule has 14 heteroatoms. The minimum atomic E-state index is -4.19. The van der Waals surface area contributed by atoms with E-state index < -0.39 is 37.5 Å². The third kappa shape index (κ3) is 8.00. The van der Waals surface area contributed by atoms with Crippen molar-refractivity contribution in [1.29, 1.82) is 0 Å². The van der Waals surface area contributed by atoms with Gasteiger partial charge in [-0.3, -0.25) is 9.05 Å². The zero-order valence-corrected chi connectivity index (χ0v) is 28.0. The zero-order valence-electron chi connectivity index (χ0n) is 26.4. The number of aromatic nitrogens is 3. The van der Waals surface area contributed by atoms with Crippen LogP contribution in [-0.2, 0) is 38.2 Å². The van der Waals surface area contributed by atoms with Crippen molar-refractivity contribution in [3.8, 4) is 5.75 Å².